The van der Waals surface area contributed by atoms with Crippen molar-refractivity contribution in [2.45, 2.75) is 6.54 Å². The maximum atomic E-state index is 12.6. The Morgan fingerprint density at radius 2 is 1.56 bits per heavy atom. The molecule has 0 saturated carbocycles. The van der Waals surface area contributed by atoms with Crippen LogP contribution in [0.1, 0.15) is 5.56 Å². The monoisotopic (exact) mass is 372 g/mol. The number of aromatic amines is 1. The van der Waals surface area contributed by atoms with Crippen molar-refractivity contribution in [3.8, 4) is 0 Å². The molecule has 0 bridgehead atoms. The first-order valence-electron chi connectivity index (χ1n) is 7.37. The quantitative estimate of drug-likeness (QED) is 0.586. The second-order valence-electron chi connectivity index (χ2n) is 5.54. The molecule has 0 fully saturated rings. The van der Waals surface area contributed by atoms with Crippen molar-refractivity contribution in [2.24, 2.45) is 0 Å². The molecule has 1 N–H and O–H groups in total. The Kier molecular flexibility index (Phi) is 3.78. The number of H-pyrrole nitrogens is 1. The van der Waals surface area contributed by atoms with Gasteiger partial charge in [-0.15, -0.1) is 10.2 Å². The van der Waals surface area contributed by atoms with E-state index < -0.39 is 0 Å². The van der Waals surface area contributed by atoms with Gasteiger partial charge in [0.1, 0.15) is 0 Å². The summed E-state index contributed by atoms with van der Waals surface area (Å²) in [7, 11) is 0. The van der Waals surface area contributed by atoms with E-state index >= 15 is 0 Å². The number of hydrogen-bond acceptors (Lipinski definition) is 4. The number of halogens is 2. The minimum atomic E-state index is -0.317. The lowest BCUT2D eigenvalue weighted by atomic mass is 10.1. The Hall–Kier alpha value is -2.70. The summed E-state index contributed by atoms with van der Waals surface area (Å²) < 4.78 is 1.27. The average molecular weight is 373 g/mol. The van der Waals surface area contributed by atoms with Gasteiger partial charge in [0.05, 0.1) is 17.3 Å². The van der Waals surface area contributed by atoms with Crippen LogP contribution in [-0.2, 0) is 6.54 Å². The zero-order valence-electron chi connectivity index (χ0n) is 12.7. The van der Waals surface area contributed by atoms with Crippen LogP contribution >= 0.6 is 23.2 Å². The van der Waals surface area contributed by atoms with Gasteiger partial charge in [0.2, 0.25) is 0 Å². The summed E-state index contributed by atoms with van der Waals surface area (Å²) in [5, 5.41) is 12.7. The van der Waals surface area contributed by atoms with E-state index in [2.05, 4.69) is 15.3 Å². The summed E-state index contributed by atoms with van der Waals surface area (Å²) in [5.41, 5.74) is 0.182. The molecule has 0 atom stereocenters. The van der Waals surface area contributed by atoms with E-state index in [4.69, 9.17) is 23.2 Å². The van der Waals surface area contributed by atoms with Crippen molar-refractivity contribution in [3.05, 3.63) is 79.0 Å². The number of hydrogen-bond donors (Lipinski definition) is 1. The lowest BCUT2D eigenvalue weighted by Gasteiger charge is -2.09. The Morgan fingerprint density at radius 1 is 0.880 bits per heavy atom. The maximum Gasteiger partial charge on any atom is 0.273 e. The largest absolute Gasteiger partial charge is 0.273 e. The van der Waals surface area contributed by atoms with Crippen molar-refractivity contribution < 1.29 is 0 Å². The van der Waals surface area contributed by atoms with Crippen molar-refractivity contribution >= 4 is 44.7 Å². The maximum absolute atomic E-state index is 12.6. The molecule has 0 aliphatic heterocycles. The van der Waals surface area contributed by atoms with Crippen LogP contribution in [0.3, 0.4) is 0 Å². The Balaban J connectivity index is 1.86. The number of nitrogens with zero attached hydrogens (tertiary/aromatic N) is 3. The Morgan fingerprint density at radius 3 is 2.32 bits per heavy atom. The van der Waals surface area contributed by atoms with E-state index in [9.17, 15) is 9.59 Å². The van der Waals surface area contributed by atoms with E-state index in [1.165, 1.54) is 4.68 Å². The van der Waals surface area contributed by atoms with Gasteiger partial charge in [0.15, 0.2) is 10.3 Å². The minimum Gasteiger partial charge on any atom is -0.267 e. The third-order valence-electron chi connectivity index (χ3n) is 3.98. The molecule has 4 rings (SSSR count). The molecule has 0 radical (unpaired) electrons. The van der Waals surface area contributed by atoms with Gasteiger partial charge in [-0.1, -0.05) is 47.5 Å². The van der Waals surface area contributed by atoms with Gasteiger partial charge in [0, 0.05) is 10.8 Å². The molecule has 4 aromatic rings. The van der Waals surface area contributed by atoms with Crippen molar-refractivity contribution in [1.82, 2.24) is 20.0 Å². The Labute approximate surface area is 150 Å². The van der Waals surface area contributed by atoms with Crippen LogP contribution in [0.25, 0.3) is 21.5 Å². The molecule has 0 unspecified atom stereocenters. The predicted octanol–water partition coefficient (Wildman–Crippen LogP) is 2.99. The van der Waals surface area contributed by atoms with Crippen LogP contribution in [0.15, 0.2) is 52.1 Å². The van der Waals surface area contributed by atoms with E-state index in [-0.39, 0.29) is 28.0 Å². The fraction of sp³-hybridized carbons (Fsp3) is 0.0588. The van der Waals surface area contributed by atoms with E-state index in [1.54, 1.807) is 42.5 Å². The number of rotatable bonds is 2. The van der Waals surface area contributed by atoms with Crippen LogP contribution in [0.5, 0.6) is 0 Å². The van der Waals surface area contributed by atoms with Gasteiger partial charge in [0.25, 0.3) is 11.1 Å². The van der Waals surface area contributed by atoms with E-state index in [0.29, 0.717) is 21.5 Å². The molecule has 2 aromatic heterocycles. The van der Waals surface area contributed by atoms with Crippen LogP contribution in [0.4, 0.5) is 0 Å². The molecule has 25 heavy (non-hydrogen) atoms. The first-order chi connectivity index (χ1) is 12.0. The van der Waals surface area contributed by atoms with Gasteiger partial charge in [-0.3, -0.25) is 14.7 Å². The normalized spacial score (nSPS) is 11.3. The second kappa shape index (κ2) is 5.98. The highest BCUT2D eigenvalue weighted by Crippen LogP contribution is 2.26. The molecule has 0 amide bonds. The molecule has 6 nitrogen and oxygen atoms in total. The van der Waals surface area contributed by atoms with E-state index in [0.717, 1.165) is 5.56 Å². The standard InChI is InChI=1S/C17H10Cl2N4O2/c18-14-10-6-5-9(7-13(10)15(19)21-20-14)8-23-17(25)12-4-2-1-3-11(12)16(24)22-23/h1-7H,8H2,(H,22,24). The van der Waals surface area contributed by atoms with Crippen molar-refractivity contribution in [3.63, 3.8) is 0 Å². The summed E-state index contributed by atoms with van der Waals surface area (Å²) in [5.74, 6) is 0. The summed E-state index contributed by atoms with van der Waals surface area (Å²) in [6.07, 6.45) is 0. The number of nitrogens with one attached hydrogen (secondary N) is 1. The molecule has 0 spiro atoms. The van der Waals surface area contributed by atoms with Crippen LogP contribution < -0.4 is 11.1 Å². The van der Waals surface area contributed by atoms with Crippen molar-refractivity contribution in [2.75, 3.05) is 0 Å². The zero-order chi connectivity index (χ0) is 17.6. The molecule has 0 saturated heterocycles. The molecule has 2 aromatic carbocycles. The summed E-state index contributed by atoms with van der Waals surface area (Å²) in [4.78, 5) is 24.8. The van der Waals surface area contributed by atoms with Crippen LogP contribution in [0, 0.1) is 0 Å². The predicted molar refractivity (Wildman–Crippen MR) is 97.5 cm³/mol. The lowest BCUT2D eigenvalue weighted by molar-refractivity contribution is 0.637. The topological polar surface area (TPSA) is 80.6 Å². The smallest absolute Gasteiger partial charge is 0.267 e. The molecule has 124 valence electrons. The fourth-order valence-corrected chi connectivity index (χ4v) is 3.17. The lowest BCUT2D eigenvalue weighted by Crippen LogP contribution is -2.30. The first kappa shape index (κ1) is 15.8. The average Bonchev–Trinajstić information content (AvgIpc) is 2.63. The van der Waals surface area contributed by atoms with Crippen molar-refractivity contribution in [1.29, 1.82) is 0 Å². The first-order valence-corrected chi connectivity index (χ1v) is 8.12. The highest BCUT2D eigenvalue weighted by atomic mass is 35.5. The van der Waals surface area contributed by atoms with Gasteiger partial charge in [-0.05, 0) is 23.8 Å². The fourth-order valence-electron chi connectivity index (χ4n) is 2.78. The van der Waals surface area contributed by atoms with Gasteiger partial charge >= 0.3 is 0 Å². The molecular formula is C17H10Cl2N4O2. The SMILES string of the molecule is O=c1[nH]n(Cc2ccc3c(Cl)nnc(Cl)c3c2)c(=O)c2ccccc12. The van der Waals surface area contributed by atoms with Gasteiger partial charge in [-0.2, -0.15) is 0 Å². The summed E-state index contributed by atoms with van der Waals surface area (Å²) >= 11 is 12.1. The molecule has 8 heteroatoms. The number of aromatic nitrogens is 4. The van der Waals surface area contributed by atoms with Gasteiger partial charge in [-0.25, -0.2) is 4.68 Å². The number of benzene rings is 2. The minimum absolute atomic E-state index is 0.186. The van der Waals surface area contributed by atoms with Crippen LogP contribution in [-0.4, -0.2) is 20.0 Å². The summed E-state index contributed by atoms with van der Waals surface area (Å²) in [6, 6.07) is 12.0. The Bertz CT molecular complexity index is 1250. The highest BCUT2D eigenvalue weighted by Gasteiger charge is 2.10. The van der Waals surface area contributed by atoms with E-state index in [1.807, 2.05) is 0 Å². The molecular weight excluding hydrogens is 363 g/mol. The molecule has 0 aliphatic rings. The third kappa shape index (κ3) is 2.69. The molecule has 0 aliphatic carbocycles. The highest BCUT2D eigenvalue weighted by molar-refractivity contribution is 6.38. The third-order valence-corrected chi connectivity index (χ3v) is 4.54. The molecule has 2 heterocycles. The second-order valence-corrected chi connectivity index (χ2v) is 6.26. The zero-order valence-corrected chi connectivity index (χ0v) is 14.2. The number of fused-ring (bicyclic) bond motifs is 2. The van der Waals surface area contributed by atoms with Gasteiger partial charge < -0.3 is 0 Å². The van der Waals surface area contributed by atoms with Crippen LogP contribution in [0.2, 0.25) is 10.3 Å². The summed E-state index contributed by atoms with van der Waals surface area (Å²) in [6.45, 7) is 0.186.